The predicted octanol–water partition coefficient (Wildman–Crippen LogP) is 2.77. The van der Waals surface area contributed by atoms with Gasteiger partial charge in [-0.3, -0.25) is 4.98 Å². The summed E-state index contributed by atoms with van der Waals surface area (Å²) in [6, 6.07) is 1.81. The summed E-state index contributed by atoms with van der Waals surface area (Å²) in [4.78, 5) is 6.87. The Hall–Kier alpha value is -0.900. The van der Waals surface area contributed by atoms with Crippen molar-refractivity contribution in [3.8, 4) is 0 Å². The van der Waals surface area contributed by atoms with Crippen molar-refractivity contribution in [2.24, 2.45) is 0 Å². The van der Waals surface area contributed by atoms with Crippen molar-refractivity contribution < 1.29 is 4.39 Å². The maximum Gasteiger partial charge on any atom is 0.164 e. The zero-order valence-corrected chi connectivity index (χ0v) is 7.94. The summed E-state index contributed by atoms with van der Waals surface area (Å²) in [6.45, 7) is 1.87. The maximum absolute atomic E-state index is 13.2. The summed E-state index contributed by atoms with van der Waals surface area (Å²) in [5.74, 6) is -0.280. The van der Waals surface area contributed by atoms with Gasteiger partial charge in [0.2, 0.25) is 0 Å². The molecule has 0 bridgehead atoms. The molecule has 2 heterocycles. The number of rotatable bonds is 0. The van der Waals surface area contributed by atoms with Crippen LogP contribution in [0.4, 0.5) is 4.39 Å². The first-order chi connectivity index (χ1) is 5.68. The topological polar surface area (TPSA) is 28.7 Å². The molecular formula is C8H6BrFN2. The highest BCUT2D eigenvalue weighted by molar-refractivity contribution is 9.10. The highest BCUT2D eigenvalue weighted by Crippen LogP contribution is 2.23. The number of aromatic nitrogens is 2. The van der Waals surface area contributed by atoms with Gasteiger partial charge < -0.3 is 4.98 Å². The van der Waals surface area contributed by atoms with Gasteiger partial charge in [-0.25, -0.2) is 4.39 Å². The van der Waals surface area contributed by atoms with Crippen molar-refractivity contribution >= 4 is 26.8 Å². The molecule has 62 valence electrons. The second kappa shape index (κ2) is 2.55. The van der Waals surface area contributed by atoms with Crippen molar-refractivity contribution in [3.05, 3.63) is 28.4 Å². The van der Waals surface area contributed by atoms with Crippen LogP contribution in [0.15, 0.2) is 16.9 Å². The largest absolute Gasteiger partial charge is 0.347 e. The fourth-order valence-corrected chi connectivity index (χ4v) is 1.56. The molecule has 2 aromatic rings. The summed E-state index contributed by atoms with van der Waals surface area (Å²) in [6.07, 6.45) is 1.53. The summed E-state index contributed by atoms with van der Waals surface area (Å²) in [5, 5.41) is 0.521. The molecule has 0 fully saturated rings. The number of pyridine rings is 1. The number of nitrogens with one attached hydrogen (secondary N) is 1. The van der Waals surface area contributed by atoms with Gasteiger partial charge in [-0.15, -0.1) is 0 Å². The first-order valence-electron chi connectivity index (χ1n) is 3.48. The fraction of sp³-hybridized carbons (Fsp3) is 0.125. The van der Waals surface area contributed by atoms with Gasteiger partial charge in [-0.2, -0.15) is 0 Å². The third kappa shape index (κ3) is 1.03. The molecule has 0 unspecified atom stereocenters. The lowest BCUT2D eigenvalue weighted by atomic mass is 10.3. The highest BCUT2D eigenvalue weighted by Gasteiger charge is 2.08. The third-order valence-corrected chi connectivity index (χ3v) is 2.26. The standard InChI is InChI=1S/C8H6BrFN2/c1-4-2-6-5(3-11-4)7(10)8(9)12-6/h2-3,12H,1H3. The van der Waals surface area contributed by atoms with Crippen molar-refractivity contribution in [2.45, 2.75) is 6.92 Å². The number of aromatic amines is 1. The van der Waals surface area contributed by atoms with E-state index in [9.17, 15) is 4.39 Å². The van der Waals surface area contributed by atoms with E-state index >= 15 is 0 Å². The van der Waals surface area contributed by atoms with Gasteiger partial charge in [0.05, 0.1) is 10.9 Å². The van der Waals surface area contributed by atoms with Gasteiger partial charge in [-0.1, -0.05) is 0 Å². The zero-order chi connectivity index (χ0) is 8.72. The highest BCUT2D eigenvalue weighted by atomic mass is 79.9. The smallest absolute Gasteiger partial charge is 0.164 e. The Morgan fingerprint density at radius 1 is 1.58 bits per heavy atom. The molecule has 4 heteroatoms. The SMILES string of the molecule is Cc1cc2[nH]c(Br)c(F)c2cn1. The molecule has 0 aromatic carbocycles. The van der Waals surface area contributed by atoms with E-state index in [4.69, 9.17) is 0 Å². The van der Waals surface area contributed by atoms with Crippen LogP contribution < -0.4 is 0 Å². The zero-order valence-electron chi connectivity index (χ0n) is 6.36. The molecule has 0 radical (unpaired) electrons. The molecule has 0 atom stereocenters. The summed E-state index contributed by atoms with van der Waals surface area (Å²) in [7, 11) is 0. The van der Waals surface area contributed by atoms with Gasteiger partial charge in [-0.05, 0) is 28.9 Å². The number of hydrogen-bond acceptors (Lipinski definition) is 1. The Balaban J connectivity index is 2.87. The van der Waals surface area contributed by atoms with Crippen LogP contribution in [-0.2, 0) is 0 Å². The Bertz CT molecular complexity index is 436. The van der Waals surface area contributed by atoms with E-state index in [0.29, 0.717) is 9.99 Å². The minimum atomic E-state index is -0.280. The Labute approximate surface area is 76.9 Å². The average Bonchev–Trinajstić information content (AvgIpc) is 2.28. The lowest BCUT2D eigenvalue weighted by Crippen LogP contribution is -1.79. The molecule has 0 aliphatic heterocycles. The summed E-state index contributed by atoms with van der Waals surface area (Å²) < 4.78 is 13.6. The molecule has 2 aromatic heterocycles. The second-order valence-corrected chi connectivity index (χ2v) is 3.42. The molecule has 0 saturated carbocycles. The lowest BCUT2D eigenvalue weighted by molar-refractivity contribution is 0.632. The van der Waals surface area contributed by atoms with Crippen molar-refractivity contribution in [2.75, 3.05) is 0 Å². The van der Waals surface area contributed by atoms with Crippen LogP contribution in [0.5, 0.6) is 0 Å². The number of halogens is 2. The van der Waals surface area contributed by atoms with E-state index in [-0.39, 0.29) is 5.82 Å². The van der Waals surface area contributed by atoms with Crippen molar-refractivity contribution in [1.82, 2.24) is 9.97 Å². The fourth-order valence-electron chi connectivity index (χ4n) is 1.13. The van der Waals surface area contributed by atoms with Gasteiger partial charge in [0.1, 0.15) is 4.60 Å². The molecule has 12 heavy (non-hydrogen) atoms. The Morgan fingerprint density at radius 3 is 3.08 bits per heavy atom. The molecule has 0 amide bonds. The Kier molecular flexibility index (Phi) is 1.65. The quantitative estimate of drug-likeness (QED) is 0.739. The van der Waals surface area contributed by atoms with Crippen LogP contribution in [-0.4, -0.2) is 9.97 Å². The van der Waals surface area contributed by atoms with E-state index < -0.39 is 0 Å². The minimum absolute atomic E-state index is 0.280. The summed E-state index contributed by atoms with van der Waals surface area (Å²) in [5.41, 5.74) is 1.64. The van der Waals surface area contributed by atoms with E-state index in [0.717, 1.165) is 11.2 Å². The monoisotopic (exact) mass is 228 g/mol. The maximum atomic E-state index is 13.2. The molecular weight excluding hydrogens is 223 g/mol. The summed E-state index contributed by atoms with van der Waals surface area (Å²) >= 11 is 3.07. The lowest BCUT2D eigenvalue weighted by Gasteiger charge is -1.90. The molecule has 0 saturated heterocycles. The minimum Gasteiger partial charge on any atom is -0.347 e. The molecule has 1 N–H and O–H groups in total. The van der Waals surface area contributed by atoms with Crippen LogP contribution in [0.1, 0.15) is 5.69 Å². The van der Waals surface area contributed by atoms with Crippen LogP contribution in [0, 0.1) is 12.7 Å². The first kappa shape index (κ1) is 7.73. The molecule has 2 nitrogen and oxygen atoms in total. The third-order valence-electron chi connectivity index (χ3n) is 1.71. The number of fused-ring (bicyclic) bond motifs is 1. The van der Waals surface area contributed by atoms with Crippen molar-refractivity contribution in [3.63, 3.8) is 0 Å². The van der Waals surface area contributed by atoms with E-state index in [1.54, 1.807) is 0 Å². The first-order valence-corrected chi connectivity index (χ1v) is 4.27. The van der Waals surface area contributed by atoms with Gasteiger partial charge in [0.15, 0.2) is 5.82 Å². The second-order valence-electron chi connectivity index (χ2n) is 2.62. The Morgan fingerprint density at radius 2 is 2.33 bits per heavy atom. The van der Waals surface area contributed by atoms with Crippen LogP contribution in [0.3, 0.4) is 0 Å². The van der Waals surface area contributed by atoms with Gasteiger partial charge in [0.25, 0.3) is 0 Å². The number of nitrogens with zero attached hydrogens (tertiary/aromatic N) is 1. The van der Waals surface area contributed by atoms with Gasteiger partial charge >= 0.3 is 0 Å². The molecule has 0 spiro atoms. The van der Waals surface area contributed by atoms with E-state index in [1.807, 2.05) is 13.0 Å². The van der Waals surface area contributed by atoms with Crippen molar-refractivity contribution in [1.29, 1.82) is 0 Å². The van der Waals surface area contributed by atoms with Gasteiger partial charge in [0, 0.05) is 11.9 Å². The number of aryl methyl sites for hydroxylation is 1. The normalized spacial score (nSPS) is 10.9. The van der Waals surface area contributed by atoms with E-state index in [1.165, 1.54) is 6.20 Å². The number of hydrogen-bond donors (Lipinski definition) is 1. The van der Waals surface area contributed by atoms with Crippen LogP contribution in [0.25, 0.3) is 10.9 Å². The molecule has 0 aliphatic rings. The predicted molar refractivity (Wildman–Crippen MR) is 48.5 cm³/mol. The number of H-pyrrole nitrogens is 1. The average molecular weight is 229 g/mol. The van der Waals surface area contributed by atoms with Crippen LogP contribution in [0.2, 0.25) is 0 Å². The van der Waals surface area contributed by atoms with Crippen LogP contribution >= 0.6 is 15.9 Å². The molecule has 0 aliphatic carbocycles. The van der Waals surface area contributed by atoms with E-state index in [2.05, 4.69) is 25.9 Å². The molecule has 2 rings (SSSR count).